The summed E-state index contributed by atoms with van der Waals surface area (Å²) in [5.41, 5.74) is 1.68. The van der Waals surface area contributed by atoms with Crippen molar-refractivity contribution in [1.82, 2.24) is 5.32 Å². The molecule has 0 aliphatic carbocycles. The lowest BCUT2D eigenvalue weighted by Gasteiger charge is -2.07. The number of carbonyl (C=O) groups excluding carboxylic acids is 1. The summed E-state index contributed by atoms with van der Waals surface area (Å²) in [6.45, 7) is 2.56. The maximum Gasteiger partial charge on any atom is 0.253 e. The van der Waals surface area contributed by atoms with Crippen LogP contribution in [0, 0.1) is 6.92 Å². The van der Waals surface area contributed by atoms with Crippen molar-refractivity contribution in [3.05, 3.63) is 55.1 Å². The van der Waals surface area contributed by atoms with Crippen LogP contribution in [0.2, 0.25) is 5.02 Å². The van der Waals surface area contributed by atoms with Crippen molar-refractivity contribution in [2.75, 3.05) is 0 Å². The van der Waals surface area contributed by atoms with Gasteiger partial charge in [-0.05, 0) is 42.1 Å². The fraction of sp³-hybridized carbons (Fsp3) is 0.154. The maximum atomic E-state index is 12.0. The monoisotopic (exact) mass is 343 g/mol. The Bertz CT molecular complexity index is 582. The Hall–Kier alpha value is -0.840. The normalized spacial score (nSPS) is 10.4. The molecular formula is C13H11BrClNOS. The number of rotatable bonds is 3. The van der Waals surface area contributed by atoms with E-state index in [1.807, 2.05) is 24.4 Å². The minimum atomic E-state index is -0.158. The van der Waals surface area contributed by atoms with Crippen LogP contribution in [0.5, 0.6) is 0 Å². The van der Waals surface area contributed by atoms with Crippen molar-refractivity contribution >= 4 is 44.8 Å². The predicted molar refractivity (Wildman–Crippen MR) is 79.4 cm³/mol. The molecule has 0 bridgehead atoms. The van der Waals surface area contributed by atoms with Gasteiger partial charge in [-0.3, -0.25) is 4.79 Å². The Morgan fingerprint density at radius 2 is 2.22 bits per heavy atom. The first kappa shape index (κ1) is 13.6. The Kier molecular flexibility index (Phi) is 4.43. The van der Waals surface area contributed by atoms with Crippen molar-refractivity contribution in [2.24, 2.45) is 0 Å². The van der Waals surface area contributed by atoms with E-state index in [1.165, 1.54) is 5.56 Å². The highest BCUT2D eigenvalue weighted by Gasteiger charge is 2.11. The van der Waals surface area contributed by atoms with E-state index in [9.17, 15) is 4.79 Å². The third-order valence-electron chi connectivity index (χ3n) is 2.55. The molecule has 0 atom stereocenters. The zero-order valence-electron chi connectivity index (χ0n) is 9.67. The summed E-state index contributed by atoms with van der Waals surface area (Å²) in [5.74, 6) is -0.158. The number of aryl methyl sites for hydroxylation is 1. The summed E-state index contributed by atoms with van der Waals surface area (Å²) in [7, 11) is 0. The molecule has 1 amide bonds. The van der Waals surface area contributed by atoms with Gasteiger partial charge < -0.3 is 5.32 Å². The molecule has 1 aromatic carbocycles. The van der Waals surface area contributed by atoms with E-state index < -0.39 is 0 Å². The molecule has 5 heteroatoms. The molecule has 0 radical (unpaired) electrons. The summed E-state index contributed by atoms with van der Waals surface area (Å²) in [5, 5.41) is 5.35. The molecule has 18 heavy (non-hydrogen) atoms. The minimum absolute atomic E-state index is 0.158. The first-order valence-electron chi connectivity index (χ1n) is 5.34. The van der Waals surface area contributed by atoms with Gasteiger partial charge in [0.2, 0.25) is 0 Å². The number of hydrogen-bond acceptors (Lipinski definition) is 2. The molecule has 0 unspecified atom stereocenters. The Balaban J connectivity index is 2.08. The van der Waals surface area contributed by atoms with Gasteiger partial charge in [-0.25, -0.2) is 0 Å². The van der Waals surface area contributed by atoms with Crippen molar-refractivity contribution < 1.29 is 4.79 Å². The highest BCUT2D eigenvalue weighted by molar-refractivity contribution is 9.10. The number of hydrogen-bond donors (Lipinski definition) is 1. The van der Waals surface area contributed by atoms with Crippen molar-refractivity contribution in [1.29, 1.82) is 0 Å². The van der Waals surface area contributed by atoms with Gasteiger partial charge in [-0.15, -0.1) is 11.3 Å². The fourth-order valence-electron chi connectivity index (χ4n) is 1.51. The molecule has 1 N–H and O–H groups in total. The SMILES string of the molecule is Cc1ccsc1CNC(=O)c1cc(Br)ccc1Cl. The number of thiophene rings is 1. The molecule has 94 valence electrons. The molecule has 2 nitrogen and oxygen atoms in total. The van der Waals surface area contributed by atoms with Gasteiger partial charge in [0.25, 0.3) is 5.91 Å². The standard InChI is InChI=1S/C13H11BrClNOS/c1-8-4-5-18-12(8)7-16-13(17)10-6-9(14)2-3-11(10)15/h2-6H,7H2,1H3,(H,16,17). The van der Waals surface area contributed by atoms with Crippen LogP contribution in [-0.4, -0.2) is 5.91 Å². The molecule has 0 aliphatic heterocycles. The van der Waals surface area contributed by atoms with Crippen LogP contribution in [0.1, 0.15) is 20.8 Å². The van der Waals surface area contributed by atoms with Crippen molar-refractivity contribution in [3.8, 4) is 0 Å². The molecule has 0 fully saturated rings. The first-order chi connectivity index (χ1) is 8.58. The topological polar surface area (TPSA) is 29.1 Å². The van der Waals surface area contributed by atoms with Crippen LogP contribution in [0.15, 0.2) is 34.1 Å². The number of amides is 1. The van der Waals surface area contributed by atoms with Gasteiger partial charge in [0.15, 0.2) is 0 Å². The Labute approximate surface area is 123 Å². The van der Waals surface area contributed by atoms with E-state index in [1.54, 1.807) is 23.5 Å². The summed E-state index contributed by atoms with van der Waals surface area (Å²) < 4.78 is 0.837. The molecule has 2 aromatic rings. The lowest BCUT2D eigenvalue weighted by atomic mass is 10.2. The minimum Gasteiger partial charge on any atom is -0.347 e. The largest absolute Gasteiger partial charge is 0.347 e. The van der Waals surface area contributed by atoms with Gasteiger partial charge in [-0.1, -0.05) is 27.5 Å². The van der Waals surface area contributed by atoms with E-state index in [0.717, 1.165) is 9.35 Å². The van der Waals surface area contributed by atoms with Crippen LogP contribution >= 0.6 is 38.9 Å². The van der Waals surface area contributed by atoms with Crippen LogP contribution in [0.25, 0.3) is 0 Å². The van der Waals surface area contributed by atoms with Gasteiger partial charge in [0.1, 0.15) is 0 Å². The van der Waals surface area contributed by atoms with E-state index in [0.29, 0.717) is 17.1 Å². The first-order valence-corrected chi connectivity index (χ1v) is 7.39. The van der Waals surface area contributed by atoms with E-state index in [-0.39, 0.29) is 5.91 Å². The second-order valence-electron chi connectivity index (χ2n) is 3.83. The molecule has 0 spiro atoms. The van der Waals surface area contributed by atoms with E-state index in [2.05, 4.69) is 21.2 Å². The second-order valence-corrected chi connectivity index (χ2v) is 6.16. The number of benzene rings is 1. The van der Waals surface area contributed by atoms with Crippen LogP contribution < -0.4 is 5.32 Å². The highest BCUT2D eigenvalue weighted by Crippen LogP contribution is 2.21. The van der Waals surface area contributed by atoms with Crippen LogP contribution in [0.4, 0.5) is 0 Å². The van der Waals surface area contributed by atoms with E-state index in [4.69, 9.17) is 11.6 Å². The third-order valence-corrected chi connectivity index (χ3v) is 4.40. The molecule has 0 saturated carbocycles. The zero-order chi connectivity index (χ0) is 13.1. The fourth-order valence-corrected chi connectivity index (χ4v) is 2.92. The molecule has 1 heterocycles. The Morgan fingerprint density at radius 1 is 1.44 bits per heavy atom. The summed E-state index contributed by atoms with van der Waals surface area (Å²) in [6.07, 6.45) is 0. The zero-order valence-corrected chi connectivity index (χ0v) is 12.8. The predicted octanol–water partition coefficient (Wildman–Crippen LogP) is 4.40. The van der Waals surface area contributed by atoms with Gasteiger partial charge >= 0.3 is 0 Å². The number of nitrogens with one attached hydrogen (secondary N) is 1. The molecule has 0 saturated heterocycles. The van der Waals surface area contributed by atoms with Gasteiger partial charge in [0.05, 0.1) is 17.1 Å². The summed E-state index contributed by atoms with van der Waals surface area (Å²) >= 11 is 11.0. The summed E-state index contributed by atoms with van der Waals surface area (Å²) in [6, 6.07) is 7.27. The smallest absolute Gasteiger partial charge is 0.253 e. The van der Waals surface area contributed by atoms with Crippen LogP contribution in [0.3, 0.4) is 0 Å². The van der Waals surface area contributed by atoms with Crippen LogP contribution in [-0.2, 0) is 6.54 Å². The quantitative estimate of drug-likeness (QED) is 0.878. The van der Waals surface area contributed by atoms with Gasteiger partial charge in [0, 0.05) is 9.35 Å². The van der Waals surface area contributed by atoms with Crippen molar-refractivity contribution in [2.45, 2.75) is 13.5 Å². The molecular weight excluding hydrogens is 334 g/mol. The average Bonchev–Trinajstić information content (AvgIpc) is 2.75. The van der Waals surface area contributed by atoms with E-state index >= 15 is 0 Å². The second kappa shape index (κ2) is 5.87. The molecule has 2 rings (SSSR count). The van der Waals surface area contributed by atoms with Gasteiger partial charge in [-0.2, -0.15) is 0 Å². The lowest BCUT2D eigenvalue weighted by molar-refractivity contribution is 0.0951. The highest BCUT2D eigenvalue weighted by atomic mass is 79.9. The Morgan fingerprint density at radius 3 is 2.89 bits per heavy atom. The number of carbonyl (C=O) groups is 1. The maximum absolute atomic E-state index is 12.0. The lowest BCUT2D eigenvalue weighted by Crippen LogP contribution is -2.23. The third kappa shape index (κ3) is 3.13. The molecule has 0 aliphatic rings. The molecule has 1 aromatic heterocycles. The van der Waals surface area contributed by atoms with Crippen molar-refractivity contribution in [3.63, 3.8) is 0 Å². The average molecular weight is 345 g/mol. The number of halogens is 2. The summed E-state index contributed by atoms with van der Waals surface area (Å²) in [4.78, 5) is 13.2.